The van der Waals surface area contributed by atoms with E-state index in [1.807, 2.05) is 60.9 Å². The monoisotopic (exact) mass is 640 g/mol. The fraction of sp³-hybridized carbons (Fsp3) is 0. The van der Waals surface area contributed by atoms with Gasteiger partial charge in [-0.15, -0.1) is 35.9 Å². The predicted molar refractivity (Wildman–Crippen MR) is 129 cm³/mol. The summed E-state index contributed by atoms with van der Waals surface area (Å²) in [5.74, 6) is 1.84. The van der Waals surface area contributed by atoms with Crippen LogP contribution in [-0.4, -0.2) is 15.0 Å². The van der Waals surface area contributed by atoms with Crippen LogP contribution in [0.2, 0.25) is 0 Å². The summed E-state index contributed by atoms with van der Waals surface area (Å²) in [4.78, 5) is 13.4. The molecule has 0 saturated carbocycles. The third-order valence-corrected chi connectivity index (χ3v) is 6.19. The van der Waals surface area contributed by atoms with Gasteiger partial charge in [0.25, 0.3) is 0 Å². The first-order chi connectivity index (χ1) is 16.3. The zero-order chi connectivity index (χ0) is 22.0. The maximum absolute atomic E-state index is 5.96. The van der Waals surface area contributed by atoms with Gasteiger partial charge in [-0.3, -0.25) is 9.97 Å². The van der Waals surface area contributed by atoms with Gasteiger partial charge in [0.1, 0.15) is 0 Å². The molecule has 0 unspecified atom stereocenters. The molecule has 6 aromatic rings. The predicted octanol–water partition coefficient (Wildman–Crippen LogP) is 7.09. The molecule has 5 nitrogen and oxygen atoms in total. The van der Waals surface area contributed by atoms with E-state index in [0.29, 0.717) is 23.4 Å². The minimum atomic E-state index is 0. The molecular formula is C27H15N3O2PtS. The summed E-state index contributed by atoms with van der Waals surface area (Å²) in [6.45, 7) is 0. The second kappa shape index (κ2) is 9.72. The molecule has 0 aliphatic heterocycles. The summed E-state index contributed by atoms with van der Waals surface area (Å²) in [6, 6.07) is 30.8. The molecule has 0 saturated heterocycles. The first-order valence-corrected chi connectivity index (χ1v) is 11.1. The van der Waals surface area contributed by atoms with E-state index < -0.39 is 0 Å². The van der Waals surface area contributed by atoms with Gasteiger partial charge in [-0.25, -0.2) is 0 Å². The van der Waals surface area contributed by atoms with Crippen molar-refractivity contribution >= 4 is 31.5 Å². The Morgan fingerprint density at radius 1 is 0.706 bits per heavy atom. The molecule has 34 heavy (non-hydrogen) atoms. The fourth-order valence-corrected chi connectivity index (χ4v) is 4.74. The number of hydrogen-bond acceptors (Lipinski definition) is 6. The number of fused-ring (bicyclic) bond motifs is 3. The summed E-state index contributed by atoms with van der Waals surface area (Å²) in [6.07, 6.45) is 3.71. The van der Waals surface area contributed by atoms with Crippen LogP contribution in [-0.2, 0) is 21.1 Å². The molecule has 0 spiro atoms. The van der Waals surface area contributed by atoms with Gasteiger partial charge < -0.3 is 9.47 Å². The number of thiophene rings is 1. The minimum Gasteiger partial charge on any atom is -0.466 e. The van der Waals surface area contributed by atoms with Crippen molar-refractivity contribution in [2.75, 3.05) is 0 Å². The average molecular weight is 641 g/mol. The SMILES string of the molecule is [Pt+2].[c-]1ccccc1Oc1cccc(Oc2cccc(-c3[c-]ccc4c3sc3cnccc34)n2)n1. The van der Waals surface area contributed by atoms with Gasteiger partial charge in [-0.1, -0.05) is 23.6 Å². The van der Waals surface area contributed by atoms with Crippen LogP contribution < -0.4 is 9.47 Å². The molecule has 0 amide bonds. The molecular weight excluding hydrogens is 625 g/mol. The first kappa shape index (κ1) is 22.2. The Kier molecular flexibility index (Phi) is 6.34. The van der Waals surface area contributed by atoms with Crippen molar-refractivity contribution in [3.8, 4) is 34.6 Å². The minimum absolute atomic E-state index is 0. The Morgan fingerprint density at radius 3 is 2.38 bits per heavy atom. The molecule has 166 valence electrons. The number of aromatic nitrogens is 3. The maximum atomic E-state index is 5.96. The smallest absolute Gasteiger partial charge is 0.466 e. The average Bonchev–Trinajstić information content (AvgIpc) is 3.24. The topological polar surface area (TPSA) is 57.1 Å². The van der Waals surface area contributed by atoms with Crippen molar-refractivity contribution in [3.05, 3.63) is 103 Å². The molecule has 0 aliphatic carbocycles. The van der Waals surface area contributed by atoms with Crippen molar-refractivity contribution < 1.29 is 30.5 Å². The zero-order valence-electron chi connectivity index (χ0n) is 17.5. The molecule has 0 N–H and O–H groups in total. The Labute approximate surface area is 214 Å². The molecule has 0 fully saturated rings. The molecule has 7 heteroatoms. The van der Waals surface area contributed by atoms with Gasteiger partial charge >= 0.3 is 21.1 Å². The quantitative estimate of drug-likeness (QED) is 0.189. The number of para-hydroxylation sites is 1. The van der Waals surface area contributed by atoms with E-state index in [2.05, 4.69) is 28.2 Å². The number of benzene rings is 2. The van der Waals surface area contributed by atoms with E-state index in [0.717, 1.165) is 20.7 Å². The zero-order valence-corrected chi connectivity index (χ0v) is 20.6. The van der Waals surface area contributed by atoms with Crippen LogP contribution in [0.4, 0.5) is 0 Å². The van der Waals surface area contributed by atoms with Crippen LogP contribution in [0.3, 0.4) is 0 Å². The molecule has 4 heterocycles. The second-order valence-electron chi connectivity index (χ2n) is 7.18. The Balaban J connectivity index is 0.00000241. The van der Waals surface area contributed by atoms with E-state index >= 15 is 0 Å². The van der Waals surface area contributed by atoms with Gasteiger partial charge in [0.05, 0.1) is 0 Å². The number of pyridine rings is 3. The largest absolute Gasteiger partial charge is 2.00 e. The van der Waals surface area contributed by atoms with Crippen LogP contribution in [0, 0.1) is 12.1 Å². The van der Waals surface area contributed by atoms with E-state index in [1.54, 1.807) is 35.6 Å². The summed E-state index contributed by atoms with van der Waals surface area (Å²) in [7, 11) is 0. The fourth-order valence-electron chi connectivity index (χ4n) is 3.57. The third kappa shape index (κ3) is 4.43. The van der Waals surface area contributed by atoms with Gasteiger partial charge in [0, 0.05) is 35.0 Å². The number of nitrogens with zero attached hydrogens (tertiary/aromatic N) is 3. The molecule has 2 aromatic carbocycles. The maximum Gasteiger partial charge on any atom is 2.00 e. The molecule has 6 rings (SSSR count). The third-order valence-electron chi connectivity index (χ3n) is 5.02. The Hall–Kier alpha value is -3.60. The van der Waals surface area contributed by atoms with E-state index in [1.165, 1.54) is 10.8 Å². The standard InChI is InChI=1S/C27H15N3O2S.Pt/c1-2-7-18(8-3-1)31-25-13-6-14-26(30-25)32-24-12-5-11-22(29-24)21-10-4-9-20-19-15-16-28-17-23(19)33-27(20)21;/h1-7,9,11-17H;/q-2;+2. The van der Waals surface area contributed by atoms with Crippen molar-refractivity contribution in [2.45, 2.75) is 0 Å². The number of ether oxygens (including phenoxy) is 2. The van der Waals surface area contributed by atoms with Crippen molar-refractivity contribution in [2.24, 2.45) is 0 Å². The van der Waals surface area contributed by atoms with E-state index in [4.69, 9.17) is 14.5 Å². The second-order valence-corrected chi connectivity index (χ2v) is 8.23. The van der Waals surface area contributed by atoms with Crippen molar-refractivity contribution in [1.29, 1.82) is 0 Å². The number of hydrogen-bond donors (Lipinski definition) is 0. The van der Waals surface area contributed by atoms with Gasteiger partial charge in [-0.2, -0.15) is 34.5 Å². The summed E-state index contributed by atoms with van der Waals surface area (Å²) in [5.41, 5.74) is 1.72. The van der Waals surface area contributed by atoms with Crippen LogP contribution in [0.15, 0.2) is 91.3 Å². The summed E-state index contributed by atoms with van der Waals surface area (Å²) in [5, 5.41) is 2.35. The van der Waals surface area contributed by atoms with E-state index in [9.17, 15) is 0 Å². The van der Waals surface area contributed by atoms with Crippen LogP contribution in [0.1, 0.15) is 0 Å². The summed E-state index contributed by atoms with van der Waals surface area (Å²) < 4.78 is 14.0. The van der Waals surface area contributed by atoms with Crippen LogP contribution in [0.25, 0.3) is 31.4 Å². The molecule has 4 aromatic heterocycles. The molecule has 0 bridgehead atoms. The molecule has 0 atom stereocenters. The summed E-state index contributed by atoms with van der Waals surface area (Å²) >= 11 is 1.69. The molecule has 0 radical (unpaired) electrons. The van der Waals surface area contributed by atoms with Gasteiger partial charge in [0.15, 0.2) is 0 Å². The Morgan fingerprint density at radius 2 is 1.53 bits per heavy atom. The van der Waals surface area contributed by atoms with Crippen LogP contribution >= 0.6 is 11.3 Å². The van der Waals surface area contributed by atoms with Crippen molar-refractivity contribution in [3.63, 3.8) is 0 Å². The first-order valence-electron chi connectivity index (χ1n) is 10.3. The van der Waals surface area contributed by atoms with E-state index in [-0.39, 0.29) is 21.1 Å². The Bertz CT molecular complexity index is 1590. The van der Waals surface area contributed by atoms with Crippen molar-refractivity contribution in [1.82, 2.24) is 15.0 Å². The normalized spacial score (nSPS) is 10.7. The van der Waals surface area contributed by atoms with Gasteiger partial charge in [-0.05, 0) is 27.9 Å². The molecule has 0 aliphatic rings. The number of rotatable bonds is 5. The van der Waals surface area contributed by atoms with Gasteiger partial charge in [0.2, 0.25) is 17.6 Å². The van der Waals surface area contributed by atoms with Crippen LogP contribution in [0.5, 0.6) is 23.4 Å².